The fourth-order valence-corrected chi connectivity index (χ4v) is 0.574. The summed E-state index contributed by atoms with van der Waals surface area (Å²) >= 11 is 0. The second kappa shape index (κ2) is 4.42. The van der Waals surface area contributed by atoms with Gasteiger partial charge in [0.15, 0.2) is 0 Å². The first-order chi connectivity index (χ1) is 5.43. The molecule has 1 rings (SSSR count). The van der Waals surface area contributed by atoms with Crippen molar-refractivity contribution >= 4 is 0 Å². The van der Waals surface area contributed by atoms with Gasteiger partial charge in [-0.1, -0.05) is 5.92 Å². The predicted octanol–water partition coefficient (Wildman–Crippen LogP) is 0.210. The molecule has 1 N–H and O–H groups in total. The van der Waals surface area contributed by atoms with Crippen molar-refractivity contribution in [2.45, 2.75) is 6.42 Å². The van der Waals surface area contributed by atoms with Gasteiger partial charge in [0.1, 0.15) is 12.0 Å². The smallest absolute Gasteiger partial charge is 0.116 e. The van der Waals surface area contributed by atoms with E-state index in [1.807, 2.05) is 0 Å². The minimum absolute atomic E-state index is 0.0953. The Bertz CT molecular complexity index is 260. The van der Waals surface area contributed by atoms with Crippen LogP contribution in [0.25, 0.3) is 0 Å². The summed E-state index contributed by atoms with van der Waals surface area (Å²) < 4.78 is 0. The molecule has 1 aromatic heterocycles. The van der Waals surface area contributed by atoms with Gasteiger partial charge in [-0.25, -0.2) is 9.97 Å². The first-order valence-electron chi connectivity index (χ1n) is 3.29. The molecule has 3 heteroatoms. The summed E-state index contributed by atoms with van der Waals surface area (Å²) in [7, 11) is 0. The Labute approximate surface area is 65.1 Å². The Balaban J connectivity index is 2.59. The summed E-state index contributed by atoms with van der Waals surface area (Å²) in [5, 5.41) is 8.41. The lowest BCUT2D eigenvalue weighted by Crippen LogP contribution is -1.82. The molecule has 0 aromatic carbocycles. The highest BCUT2D eigenvalue weighted by Crippen LogP contribution is 1.86. The van der Waals surface area contributed by atoms with E-state index in [9.17, 15) is 0 Å². The molecule has 0 aliphatic rings. The molecule has 0 unspecified atom stereocenters. The van der Waals surface area contributed by atoms with Crippen molar-refractivity contribution < 1.29 is 5.11 Å². The standard InChI is InChI=1S/C8H8N2O/c11-6-2-1-3-8-4-5-9-7-10-8/h4-5,7,11H,2,6H2. The fourth-order valence-electron chi connectivity index (χ4n) is 0.574. The van der Waals surface area contributed by atoms with Crippen molar-refractivity contribution in [3.05, 3.63) is 24.3 Å². The highest BCUT2D eigenvalue weighted by molar-refractivity contribution is 5.24. The fraction of sp³-hybridized carbons (Fsp3) is 0.250. The van der Waals surface area contributed by atoms with Gasteiger partial charge in [-0.2, -0.15) is 0 Å². The van der Waals surface area contributed by atoms with E-state index in [1.165, 1.54) is 6.33 Å². The van der Waals surface area contributed by atoms with Crippen LogP contribution in [0.3, 0.4) is 0 Å². The normalized spacial score (nSPS) is 8.45. The molecule has 0 amide bonds. The predicted molar refractivity (Wildman–Crippen MR) is 40.6 cm³/mol. The zero-order chi connectivity index (χ0) is 7.94. The number of nitrogens with zero attached hydrogens (tertiary/aromatic N) is 2. The van der Waals surface area contributed by atoms with E-state index in [2.05, 4.69) is 21.8 Å². The van der Waals surface area contributed by atoms with Crippen LogP contribution < -0.4 is 0 Å². The van der Waals surface area contributed by atoms with E-state index < -0.39 is 0 Å². The maximum atomic E-state index is 8.41. The molecule has 0 radical (unpaired) electrons. The maximum absolute atomic E-state index is 8.41. The molecule has 0 bridgehead atoms. The zero-order valence-corrected chi connectivity index (χ0v) is 5.99. The molecule has 0 fully saturated rings. The summed E-state index contributed by atoms with van der Waals surface area (Å²) in [5.74, 6) is 5.55. The third kappa shape index (κ3) is 2.78. The monoisotopic (exact) mass is 148 g/mol. The SMILES string of the molecule is OCCC#Cc1ccncn1. The lowest BCUT2D eigenvalue weighted by molar-refractivity contribution is 0.305. The molecule has 0 atom stereocenters. The van der Waals surface area contributed by atoms with Crippen LogP contribution in [-0.2, 0) is 0 Å². The van der Waals surface area contributed by atoms with Crippen LogP contribution >= 0.6 is 0 Å². The molecule has 0 saturated heterocycles. The van der Waals surface area contributed by atoms with Gasteiger partial charge in [0, 0.05) is 12.6 Å². The van der Waals surface area contributed by atoms with Gasteiger partial charge in [-0.05, 0) is 12.0 Å². The molecule has 56 valence electrons. The molecule has 0 aliphatic heterocycles. The quantitative estimate of drug-likeness (QED) is 0.579. The summed E-state index contributed by atoms with van der Waals surface area (Å²) in [6.07, 6.45) is 3.57. The molecular formula is C8H8N2O. The van der Waals surface area contributed by atoms with Crippen LogP contribution in [0.2, 0.25) is 0 Å². The van der Waals surface area contributed by atoms with Crippen LogP contribution in [0.1, 0.15) is 12.1 Å². The highest BCUT2D eigenvalue weighted by atomic mass is 16.2. The molecule has 0 saturated carbocycles. The van der Waals surface area contributed by atoms with Crippen molar-refractivity contribution in [3.8, 4) is 11.8 Å². The Morgan fingerprint density at radius 1 is 1.55 bits per heavy atom. The van der Waals surface area contributed by atoms with Crippen LogP contribution in [-0.4, -0.2) is 21.7 Å². The topological polar surface area (TPSA) is 46.0 Å². The van der Waals surface area contributed by atoms with Gasteiger partial charge < -0.3 is 5.11 Å². The van der Waals surface area contributed by atoms with E-state index in [-0.39, 0.29) is 6.61 Å². The number of hydrogen-bond acceptors (Lipinski definition) is 3. The van der Waals surface area contributed by atoms with Crippen LogP contribution in [0.4, 0.5) is 0 Å². The van der Waals surface area contributed by atoms with E-state index in [0.717, 1.165) is 0 Å². The van der Waals surface area contributed by atoms with Gasteiger partial charge in [-0.15, -0.1) is 0 Å². The minimum Gasteiger partial charge on any atom is -0.395 e. The highest BCUT2D eigenvalue weighted by Gasteiger charge is 1.81. The van der Waals surface area contributed by atoms with Gasteiger partial charge in [-0.3, -0.25) is 0 Å². The van der Waals surface area contributed by atoms with Crippen molar-refractivity contribution in [3.63, 3.8) is 0 Å². The summed E-state index contributed by atoms with van der Waals surface area (Å²) in [6.45, 7) is 0.0953. The second-order valence-electron chi connectivity index (χ2n) is 1.87. The number of aromatic nitrogens is 2. The molecular weight excluding hydrogens is 140 g/mol. The first kappa shape index (κ1) is 7.70. The Morgan fingerprint density at radius 2 is 2.45 bits per heavy atom. The molecule has 0 spiro atoms. The number of aliphatic hydroxyl groups is 1. The zero-order valence-electron chi connectivity index (χ0n) is 5.99. The Hall–Kier alpha value is -1.40. The van der Waals surface area contributed by atoms with Crippen LogP contribution in [0.5, 0.6) is 0 Å². The third-order valence-corrected chi connectivity index (χ3v) is 1.04. The van der Waals surface area contributed by atoms with Gasteiger partial charge in [0.05, 0.1) is 6.61 Å². The number of aliphatic hydroxyl groups excluding tert-OH is 1. The molecule has 1 aromatic rings. The summed E-state index contributed by atoms with van der Waals surface area (Å²) in [6, 6.07) is 1.73. The van der Waals surface area contributed by atoms with Crippen molar-refractivity contribution in [1.82, 2.24) is 9.97 Å². The average Bonchev–Trinajstić information content (AvgIpc) is 2.07. The van der Waals surface area contributed by atoms with Crippen molar-refractivity contribution in [2.24, 2.45) is 0 Å². The van der Waals surface area contributed by atoms with Gasteiger partial charge in [0.25, 0.3) is 0 Å². The largest absolute Gasteiger partial charge is 0.395 e. The minimum atomic E-state index is 0.0953. The van der Waals surface area contributed by atoms with E-state index in [4.69, 9.17) is 5.11 Å². The van der Waals surface area contributed by atoms with E-state index in [1.54, 1.807) is 12.3 Å². The third-order valence-electron chi connectivity index (χ3n) is 1.04. The van der Waals surface area contributed by atoms with Crippen molar-refractivity contribution in [2.75, 3.05) is 6.61 Å². The van der Waals surface area contributed by atoms with Crippen LogP contribution in [0, 0.1) is 11.8 Å². The second-order valence-corrected chi connectivity index (χ2v) is 1.87. The molecule has 3 nitrogen and oxygen atoms in total. The van der Waals surface area contributed by atoms with E-state index >= 15 is 0 Å². The summed E-state index contributed by atoms with van der Waals surface area (Å²) in [4.78, 5) is 7.63. The Morgan fingerprint density at radius 3 is 3.09 bits per heavy atom. The van der Waals surface area contributed by atoms with Crippen LogP contribution in [0.15, 0.2) is 18.6 Å². The Kier molecular flexibility index (Phi) is 3.10. The van der Waals surface area contributed by atoms with Gasteiger partial charge in [0.2, 0.25) is 0 Å². The maximum Gasteiger partial charge on any atom is 0.116 e. The molecule has 0 aliphatic carbocycles. The lowest BCUT2D eigenvalue weighted by Gasteiger charge is -1.84. The van der Waals surface area contributed by atoms with E-state index in [0.29, 0.717) is 12.1 Å². The number of rotatable bonds is 1. The van der Waals surface area contributed by atoms with Crippen molar-refractivity contribution in [1.29, 1.82) is 0 Å². The molecule has 11 heavy (non-hydrogen) atoms. The van der Waals surface area contributed by atoms with Gasteiger partial charge >= 0.3 is 0 Å². The molecule has 1 heterocycles. The average molecular weight is 148 g/mol. The number of hydrogen-bond donors (Lipinski definition) is 1. The first-order valence-corrected chi connectivity index (χ1v) is 3.29. The summed E-state index contributed by atoms with van der Waals surface area (Å²) in [5.41, 5.74) is 0.688. The lowest BCUT2D eigenvalue weighted by atomic mass is 10.4.